The molecule has 1 aliphatic carbocycles. The predicted octanol–water partition coefficient (Wildman–Crippen LogP) is 3.74. The van der Waals surface area contributed by atoms with Crippen molar-refractivity contribution in [2.24, 2.45) is 11.3 Å². The summed E-state index contributed by atoms with van der Waals surface area (Å²) in [6.45, 7) is 4.91. The summed E-state index contributed by atoms with van der Waals surface area (Å²) >= 11 is 0. The molecule has 1 nitrogen and oxygen atoms in total. The Hall–Kier alpha value is -0.0400. The highest BCUT2D eigenvalue weighted by Crippen LogP contribution is 2.42. The Morgan fingerprint density at radius 2 is 2.00 bits per heavy atom. The average Bonchev–Trinajstić information content (AvgIpc) is 2.44. The molecule has 2 rings (SSSR count). The second-order valence-electron chi connectivity index (χ2n) is 5.87. The molecule has 15 heavy (non-hydrogen) atoms. The van der Waals surface area contributed by atoms with E-state index >= 15 is 0 Å². The molecule has 2 unspecified atom stereocenters. The molecule has 1 spiro atoms. The first-order valence-corrected chi connectivity index (χ1v) is 7.05. The molecule has 2 atom stereocenters. The van der Waals surface area contributed by atoms with Crippen LogP contribution < -0.4 is 5.32 Å². The van der Waals surface area contributed by atoms with Crippen molar-refractivity contribution >= 4 is 0 Å². The molecule has 88 valence electrons. The van der Waals surface area contributed by atoms with Crippen molar-refractivity contribution in [2.75, 3.05) is 13.1 Å². The van der Waals surface area contributed by atoms with E-state index in [0.717, 1.165) is 5.92 Å². The van der Waals surface area contributed by atoms with Gasteiger partial charge in [0, 0.05) is 6.54 Å². The first-order chi connectivity index (χ1) is 7.35. The lowest BCUT2D eigenvalue weighted by Gasteiger charge is -2.37. The van der Waals surface area contributed by atoms with Crippen LogP contribution in [0.4, 0.5) is 0 Å². The number of piperidine rings is 1. The third-order valence-electron chi connectivity index (χ3n) is 4.66. The van der Waals surface area contributed by atoms with Gasteiger partial charge in [0.2, 0.25) is 0 Å². The number of rotatable bonds is 2. The molecule has 0 radical (unpaired) electrons. The number of nitrogens with one attached hydrogen (secondary N) is 1. The van der Waals surface area contributed by atoms with Crippen molar-refractivity contribution in [2.45, 2.75) is 64.7 Å². The summed E-state index contributed by atoms with van der Waals surface area (Å²) in [5.41, 5.74) is 0.709. The fourth-order valence-corrected chi connectivity index (χ4v) is 3.70. The number of hydrogen-bond donors (Lipinski definition) is 1. The second kappa shape index (κ2) is 5.34. The minimum Gasteiger partial charge on any atom is -0.316 e. The molecular weight excluding hydrogens is 182 g/mol. The zero-order valence-electron chi connectivity index (χ0n) is 10.4. The van der Waals surface area contributed by atoms with Crippen molar-refractivity contribution in [3.8, 4) is 0 Å². The molecule has 0 bridgehead atoms. The lowest BCUT2D eigenvalue weighted by Crippen LogP contribution is -2.39. The summed E-state index contributed by atoms with van der Waals surface area (Å²) in [5.74, 6) is 1.05. The smallest absolute Gasteiger partial charge is 0.000781 e. The van der Waals surface area contributed by atoms with Gasteiger partial charge in [-0.05, 0) is 50.0 Å². The van der Waals surface area contributed by atoms with Crippen LogP contribution in [0.5, 0.6) is 0 Å². The van der Waals surface area contributed by atoms with Gasteiger partial charge in [0.15, 0.2) is 0 Å². The largest absolute Gasteiger partial charge is 0.316 e. The van der Waals surface area contributed by atoms with E-state index in [4.69, 9.17) is 0 Å². The quantitative estimate of drug-likeness (QED) is 0.730. The maximum absolute atomic E-state index is 3.62. The lowest BCUT2D eigenvalue weighted by molar-refractivity contribution is 0.176. The van der Waals surface area contributed by atoms with Crippen molar-refractivity contribution in [3.05, 3.63) is 0 Å². The van der Waals surface area contributed by atoms with Gasteiger partial charge in [0.1, 0.15) is 0 Å². The molecule has 2 fully saturated rings. The highest BCUT2D eigenvalue weighted by atomic mass is 14.9. The van der Waals surface area contributed by atoms with E-state index in [1.165, 1.54) is 70.9 Å². The van der Waals surface area contributed by atoms with E-state index in [2.05, 4.69) is 12.2 Å². The van der Waals surface area contributed by atoms with Crippen molar-refractivity contribution in [1.29, 1.82) is 0 Å². The molecule has 0 aromatic rings. The zero-order valence-corrected chi connectivity index (χ0v) is 10.4. The van der Waals surface area contributed by atoms with Gasteiger partial charge in [-0.1, -0.05) is 32.6 Å². The van der Waals surface area contributed by atoms with Gasteiger partial charge in [0.05, 0.1) is 0 Å². The normalized spacial score (nSPS) is 37.8. The highest BCUT2D eigenvalue weighted by Gasteiger charge is 2.33. The monoisotopic (exact) mass is 209 g/mol. The molecule has 1 saturated carbocycles. The first-order valence-electron chi connectivity index (χ1n) is 7.05. The molecule has 0 aromatic carbocycles. The van der Waals surface area contributed by atoms with Gasteiger partial charge in [-0.25, -0.2) is 0 Å². The van der Waals surface area contributed by atoms with E-state index in [0.29, 0.717) is 5.41 Å². The van der Waals surface area contributed by atoms with Gasteiger partial charge >= 0.3 is 0 Å². The Morgan fingerprint density at radius 1 is 1.13 bits per heavy atom. The Kier molecular flexibility index (Phi) is 4.07. The molecule has 0 aromatic heterocycles. The van der Waals surface area contributed by atoms with E-state index in [1.54, 1.807) is 0 Å². The summed E-state index contributed by atoms with van der Waals surface area (Å²) in [6.07, 6.45) is 13.3. The summed E-state index contributed by atoms with van der Waals surface area (Å²) < 4.78 is 0. The van der Waals surface area contributed by atoms with Gasteiger partial charge in [-0.15, -0.1) is 0 Å². The Balaban J connectivity index is 1.87. The van der Waals surface area contributed by atoms with Gasteiger partial charge in [-0.3, -0.25) is 0 Å². The minimum atomic E-state index is 0.709. The van der Waals surface area contributed by atoms with Crippen LogP contribution in [0.1, 0.15) is 64.7 Å². The standard InChI is InChI=1S/C14H27N/c1-2-5-13-6-3-8-14(10-7-13)9-4-11-15-12-14/h13,15H,2-12H2,1H3. The van der Waals surface area contributed by atoms with Crippen LogP contribution >= 0.6 is 0 Å². The Morgan fingerprint density at radius 3 is 2.73 bits per heavy atom. The van der Waals surface area contributed by atoms with Crippen molar-refractivity contribution < 1.29 is 0 Å². The lowest BCUT2D eigenvalue weighted by atomic mass is 9.74. The van der Waals surface area contributed by atoms with Crippen LogP contribution in [0.15, 0.2) is 0 Å². The van der Waals surface area contributed by atoms with Crippen LogP contribution in [-0.2, 0) is 0 Å². The maximum Gasteiger partial charge on any atom is 0.000781 e. The fourth-order valence-electron chi connectivity index (χ4n) is 3.70. The van der Waals surface area contributed by atoms with E-state index in [1.807, 2.05) is 0 Å². The second-order valence-corrected chi connectivity index (χ2v) is 5.87. The van der Waals surface area contributed by atoms with E-state index < -0.39 is 0 Å². The topological polar surface area (TPSA) is 12.0 Å². The van der Waals surface area contributed by atoms with Crippen molar-refractivity contribution in [3.63, 3.8) is 0 Å². The fraction of sp³-hybridized carbons (Fsp3) is 1.00. The van der Waals surface area contributed by atoms with Crippen LogP contribution in [0.3, 0.4) is 0 Å². The molecule has 1 N–H and O–H groups in total. The average molecular weight is 209 g/mol. The Bertz CT molecular complexity index is 182. The first kappa shape index (κ1) is 11.4. The van der Waals surface area contributed by atoms with E-state index in [9.17, 15) is 0 Å². The predicted molar refractivity (Wildman–Crippen MR) is 66.0 cm³/mol. The molecule has 0 amide bonds. The number of hydrogen-bond acceptors (Lipinski definition) is 1. The van der Waals surface area contributed by atoms with Crippen LogP contribution in [0, 0.1) is 11.3 Å². The molecule has 1 saturated heterocycles. The molecular formula is C14H27N. The summed E-state index contributed by atoms with van der Waals surface area (Å²) in [5, 5.41) is 3.62. The highest BCUT2D eigenvalue weighted by molar-refractivity contribution is 4.88. The summed E-state index contributed by atoms with van der Waals surface area (Å²) in [6, 6.07) is 0. The Labute approximate surface area is 95.0 Å². The summed E-state index contributed by atoms with van der Waals surface area (Å²) in [7, 11) is 0. The third-order valence-corrected chi connectivity index (χ3v) is 4.66. The minimum absolute atomic E-state index is 0.709. The molecule has 2 aliphatic rings. The SMILES string of the molecule is CCCC1CCCC2(CCCNC2)CC1. The van der Waals surface area contributed by atoms with Gasteiger partial charge in [0.25, 0.3) is 0 Å². The van der Waals surface area contributed by atoms with E-state index in [-0.39, 0.29) is 0 Å². The van der Waals surface area contributed by atoms with Crippen LogP contribution in [0.25, 0.3) is 0 Å². The zero-order chi connectivity index (χ0) is 10.6. The molecule has 1 heteroatoms. The van der Waals surface area contributed by atoms with Gasteiger partial charge in [-0.2, -0.15) is 0 Å². The maximum atomic E-state index is 3.62. The molecule has 1 aliphatic heterocycles. The summed E-state index contributed by atoms with van der Waals surface area (Å²) in [4.78, 5) is 0. The van der Waals surface area contributed by atoms with Crippen LogP contribution in [0.2, 0.25) is 0 Å². The van der Waals surface area contributed by atoms with Crippen molar-refractivity contribution in [1.82, 2.24) is 5.32 Å². The third kappa shape index (κ3) is 2.96. The van der Waals surface area contributed by atoms with Crippen LogP contribution in [-0.4, -0.2) is 13.1 Å². The molecule has 1 heterocycles. The van der Waals surface area contributed by atoms with Gasteiger partial charge < -0.3 is 5.32 Å².